The smallest absolute Gasteiger partial charge is 0.0482 e. The fraction of sp³-hybridized carbons (Fsp3) is 0.529. The van der Waals surface area contributed by atoms with Crippen molar-refractivity contribution in [2.24, 2.45) is 24.1 Å². The Bertz CT molecular complexity index is 621. The lowest BCUT2D eigenvalue weighted by atomic mass is 10.0. The molecule has 0 spiro atoms. The maximum absolute atomic E-state index is 5.78. The Morgan fingerprint density at radius 1 is 1.26 bits per heavy atom. The Balaban J connectivity index is 2.14. The molecule has 1 saturated carbocycles. The molecule has 0 unspecified atom stereocenters. The number of nitrogens with two attached hydrogens (primary N) is 1. The van der Waals surface area contributed by atoms with Crippen molar-refractivity contribution < 1.29 is 0 Å². The van der Waals surface area contributed by atoms with Gasteiger partial charge in [-0.15, -0.1) is 0 Å². The SMILES string of the molecule is Cc1c([C@@H]2[C@H](CCN)C2(C)C)c2ccccc2n1C. The van der Waals surface area contributed by atoms with E-state index >= 15 is 0 Å². The first-order valence-electron chi connectivity index (χ1n) is 7.24. The van der Waals surface area contributed by atoms with Gasteiger partial charge in [-0.3, -0.25) is 0 Å². The summed E-state index contributed by atoms with van der Waals surface area (Å²) in [6, 6.07) is 8.77. The van der Waals surface area contributed by atoms with E-state index < -0.39 is 0 Å². The molecule has 2 heteroatoms. The topological polar surface area (TPSA) is 30.9 Å². The lowest BCUT2D eigenvalue weighted by molar-refractivity contribution is 0.534. The van der Waals surface area contributed by atoms with Crippen molar-refractivity contribution >= 4 is 10.9 Å². The fourth-order valence-corrected chi connectivity index (χ4v) is 3.98. The van der Waals surface area contributed by atoms with E-state index in [0.29, 0.717) is 11.3 Å². The number of nitrogens with zero attached hydrogens (tertiary/aromatic N) is 1. The van der Waals surface area contributed by atoms with Gasteiger partial charge in [0.15, 0.2) is 0 Å². The minimum absolute atomic E-state index is 0.397. The number of hydrogen-bond donors (Lipinski definition) is 1. The summed E-state index contributed by atoms with van der Waals surface area (Å²) in [6.07, 6.45) is 1.14. The van der Waals surface area contributed by atoms with Crippen LogP contribution in [0.2, 0.25) is 0 Å². The molecule has 0 aliphatic heterocycles. The van der Waals surface area contributed by atoms with Gasteiger partial charge in [0.25, 0.3) is 0 Å². The van der Waals surface area contributed by atoms with Crippen molar-refractivity contribution in [2.75, 3.05) is 6.54 Å². The maximum atomic E-state index is 5.78. The number of fused-ring (bicyclic) bond motifs is 1. The van der Waals surface area contributed by atoms with E-state index in [-0.39, 0.29) is 0 Å². The number of aryl methyl sites for hydroxylation is 1. The van der Waals surface area contributed by atoms with Crippen LogP contribution in [-0.2, 0) is 7.05 Å². The highest BCUT2D eigenvalue weighted by molar-refractivity contribution is 5.86. The number of hydrogen-bond acceptors (Lipinski definition) is 1. The molecule has 0 saturated heterocycles. The Hall–Kier alpha value is -1.28. The average molecular weight is 256 g/mol. The largest absolute Gasteiger partial charge is 0.348 e. The van der Waals surface area contributed by atoms with Gasteiger partial charge >= 0.3 is 0 Å². The predicted octanol–water partition coefficient (Wildman–Crippen LogP) is 3.58. The van der Waals surface area contributed by atoms with Gasteiger partial charge in [-0.05, 0) is 48.8 Å². The van der Waals surface area contributed by atoms with Crippen LogP contribution < -0.4 is 5.73 Å². The minimum atomic E-state index is 0.397. The van der Waals surface area contributed by atoms with Crippen LogP contribution >= 0.6 is 0 Å². The second kappa shape index (κ2) is 4.11. The predicted molar refractivity (Wildman–Crippen MR) is 81.3 cm³/mol. The lowest BCUT2D eigenvalue weighted by Crippen LogP contribution is -2.02. The van der Waals surface area contributed by atoms with Crippen molar-refractivity contribution in [3.8, 4) is 0 Å². The highest BCUT2D eigenvalue weighted by Gasteiger charge is 2.58. The van der Waals surface area contributed by atoms with Crippen molar-refractivity contribution in [2.45, 2.75) is 33.1 Å². The molecular weight excluding hydrogens is 232 g/mol. The van der Waals surface area contributed by atoms with Crippen LogP contribution in [0.5, 0.6) is 0 Å². The monoisotopic (exact) mass is 256 g/mol. The number of benzene rings is 1. The summed E-state index contributed by atoms with van der Waals surface area (Å²) in [6.45, 7) is 7.83. The fourth-order valence-electron chi connectivity index (χ4n) is 3.98. The van der Waals surface area contributed by atoms with Gasteiger partial charge in [0.05, 0.1) is 0 Å². The summed E-state index contributed by atoms with van der Waals surface area (Å²) in [5.41, 5.74) is 10.5. The van der Waals surface area contributed by atoms with Gasteiger partial charge in [0, 0.05) is 23.6 Å². The Morgan fingerprint density at radius 3 is 2.63 bits per heavy atom. The van der Waals surface area contributed by atoms with Crippen LogP contribution in [0.15, 0.2) is 24.3 Å². The molecule has 1 aliphatic carbocycles. The van der Waals surface area contributed by atoms with Gasteiger partial charge < -0.3 is 10.3 Å². The average Bonchev–Trinajstić information content (AvgIpc) is 2.81. The molecule has 1 fully saturated rings. The van der Waals surface area contributed by atoms with E-state index in [0.717, 1.165) is 18.9 Å². The highest BCUT2D eigenvalue weighted by atomic mass is 15.0. The maximum Gasteiger partial charge on any atom is 0.0482 e. The van der Waals surface area contributed by atoms with Crippen molar-refractivity contribution in [1.82, 2.24) is 4.57 Å². The van der Waals surface area contributed by atoms with Crippen molar-refractivity contribution in [3.05, 3.63) is 35.5 Å². The number of para-hydroxylation sites is 1. The molecule has 1 aromatic carbocycles. The summed E-state index contributed by atoms with van der Waals surface area (Å²) in [7, 11) is 2.18. The summed E-state index contributed by atoms with van der Waals surface area (Å²) in [4.78, 5) is 0. The highest BCUT2D eigenvalue weighted by Crippen LogP contribution is 2.67. The summed E-state index contributed by atoms with van der Waals surface area (Å²) >= 11 is 0. The standard InChI is InChI=1S/C17H24N2/c1-11-15(16-13(9-10-18)17(16,2)3)12-7-5-6-8-14(12)19(11)4/h5-8,13,16H,9-10,18H2,1-4H3/t13-,16-/m0/s1. The van der Waals surface area contributed by atoms with Gasteiger partial charge in [-0.1, -0.05) is 32.0 Å². The second-order valence-electron chi connectivity index (χ2n) is 6.56. The molecule has 2 nitrogen and oxygen atoms in total. The first-order valence-corrected chi connectivity index (χ1v) is 7.24. The Labute approximate surface area is 115 Å². The summed E-state index contributed by atoms with van der Waals surface area (Å²) < 4.78 is 2.33. The van der Waals surface area contributed by atoms with Gasteiger partial charge in [-0.2, -0.15) is 0 Å². The molecule has 0 bridgehead atoms. The summed E-state index contributed by atoms with van der Waals surface area (Å²) in [5.74, 6) is 1.41. The zero-order valence-electron chi connectivity index (χ0n) is 12.4. The Morgan fingerprint density at radius 2 is 1.95 bits per heavy atom. The normalized spacial score (nSPS) is 24.9. The van der Waals surface area contributed by atoms with Crippen LogP contribution in [0.1, 0.15) is 37.4 Å². The molecule has 2 aromatic rings. The first-order chi connectivity index (χ1) is 9.00. The molecule has 0 radical (unpaired) electrons. The van der Waals surface area contributed by atoms with Crippen LogP contribution in [0.4, 0.5) is 0 Å². The van der Waals surface area contributed by atoms with E-state index in [9.17, 15) is 0 Å². The third-order valence-electron chi connectivity index (χ3n) is 5.29. The summed E-state index contributed by atoms with van der Waals surface area (Å²) in [5, 5.41) is 1.43. The van der Waals surface area contributed by atoms with Crippen molar-refractivity contribution in [1.29, 1.82) is 0 Å². The molecule has 1 aromatic heterocycles. The minimum Gasteiger partial charge on any atom is -0.348 e. The molecule has 3 rings (SSSR count). The molecular formula is C17H24N2. The van der Waals surface area contributed by atoms with E-state index in [1.807, 2.05) is 0 Å². The van der Waals surface area contributed by atoms with E-state index in [1.165, 1.54) is 16.6 Å². The third-order valence-corrected chi connectivity index (χ3v) is 5.29. The quantitative estimate of drug-likeness (QED) is 0.894. The van der Waals surface area contributed by atoms with E-state index in [1.54, 1.807) is 5.56 Å². The molecule has 2 atom stereocenters. The number of aromatic nitrogens is 1. The molecule has 2 N–H and O–H groups in total. The Kier molecular flexibility index (Phi) is 2.75. The van der Waals surface area contributed by atoms with E-state index in [2.05, 4.69) is 56.7 Å². The molecule has 0 amide bonds. The van der Waals surface area contributed by atoms with Crippen LogP contribution in [0, 0.1) is 18.3 Å². The van der Waals surface area contributed by atoms with Gasteiger partial charge in [0.2, 0.25) is 0 Å². The van der Waals surface area contributed by atoms with Crippen LogP contribution in [0.3, 0.4) is 0 Å². The third kappa shape index (κ3) is 1.66. The molecule has 1 heterocycles. The zero-order chi connectivity index (χ0) is 13.8. The van der Waals surface area contributed by atoms with Gasteiger partial charge in [-0.25, -0.2) is 0 Å². The van der Waals surface area contributed by atoms with Crippen LogP contribution in [-0.4, -0.2) is 11.1 Å². The number of rotatable bonds is 3. The van der Waals surface area contributed by atoms with Gasteiger partial charge in [0.1, 0.15) is 0 Å². The zero-order valence-corrected chi connectivity index (χ0v) is 12.4. The lowest BCUT2D eigenvalue weighted by Gasteiger charge is -2.04. The van der Waals surface area contributed by atoms with Crippen molar-refractivity contribution in [3.63, 3.8) is 0 Å². The molecule has 102 valence electrons. The first kappa shape index (κ1) is 12.7. The second-order valence-corrected chi connectivity index (χ2v) is 6.56. The molecule has 19 heavy (non-hydrogen) atoms. The van der Waals surface area contributed by atoms with E-state index in [4.69, 9.17) is 5.73 Å². The molecule has 1 aliphatic rings. The van der Waals surface area contributed by atoms with Crippen LogP contribution in [0.25, 0.3) is 10.9 Å².